The summed E-state index contributed by atoms with van der Waals surface area (Å²) in [6, 6.07) is 0. The van der Waals surface area contributed by atoms with Crippen molar-refractivity contribution in [2.45, 2.75) is 77.9 Å². The lowest BCUT2D eigenvalue weighted by Crippen LogP contribution is -2.48. The predicted molar refractivity (Wildman–Crippen MR) is 103 cm³/mol. The minimum Gasteiger partial charge on any atom is -0.389 e. The van der Waals surface area contributed by atoms with Crippen LogP contribution in [-0.2, 0) is 17.8 Å². The average molecular weight is 365 g/mol. The molecule has 3 atom stereocenters. The first-order valence-corrected chi connectivity index (χ1v) is 10.2. The lowest BCUT2D eigenvalue weighted by atomic mass is 9.90. The quantitative estimate of drug-likeness (QED) is 0.837. The van der Waals surface area contributed by atoms with Crippen LogP contribution < -0.4 is 0 Å². The van der Waals surface area contributed by atoms with E-state index in [1.807, 2.05) is 0 Å². The van der Waals surface area contributed by atoms with Crippen molar-refractivity contribution in [1.82, 2.24) is 19.6 Å². The summed E-state index contributed by atoms with van der Waals surface area (Å²) in [5.41, 5.74) is 1.95. The largest absolute Gasteiger partial charge is 0.389 e. The van der Waals surface area contributed by atoms with Gasteiger partial charge in [0.05, 0.1) is 30.0 Å². The molecule has 1 unspecified atom stereocenters. The lowest BCUT2D eigenvalue weighted by molar-refractivity contribution is -0.0705. The van der Waals surface area contributed by atoms with Crippen molar-refractivity contribution in [2.24, 2.45) is 0 Å². The van der Waals surface area contributed by atoms with Gasteiger partial charge < -0.3 is 9.84 Å². The summed E-state index contributed by atoms with van der Waals surface area (Å²) in [5.74, 6) is 0. The van der Waals surface area contributed by atoms with Crippen LogP contribution in [0.25, 0.3) is 0 Å². The fourth-order valence-corrected chi connectivity index (χ4v) is 4.41. The summed E-state index contributed by atoms with van der Waals surface area (Å²) in [6.07, 6.45) is 5.65. The van der Waals surface area contributed by atoms with Gasteiger partial charge in [-0.3, -0.25) is 14.5 Å². The highest BCUT2D eigenvalue weighted by Crippen LogP contribution is 2.24. The number of ether oxygens (including phenoxy) is 1. The molecule has 3 rings (SSSR count). The Balaban J connectivity index is 1.53. The second-order valence-corrected chi connectivity index (χ2v) is 8.41. The summed E-state index contributed by atoms with van der Waals surface area (Å²) < 4.78 is 7.91. The van der Waals surface area contributed by atoms with Gasteiger partial charge in [-0.15, -0.1) is 0 Å². The van der Waals surface area contributed by atoms with Gasteiger partial charge >= 0.3 is 0 Å². The van der Waals surface area contributed by atoms with E-state index in [-0.39, 0.29) is 0 Å². The molecule has 2 aliphatic heterocycles. The summed E-state index contributed by atoms with van der Waals surface area (Å²) >= 11 is 0. The van der Waals surface area contributed by atoms with E-state index in [2.05, 4.69) is 48.4 Å². The Kier molecular flexibility index (Phi) is 6.38. The molecule has 0 radical (unpaired) electrons. The average Bonchev–Trinajstić information content (AvgIpc) is 2.92. The standard InChI is InChI=1S/C20H36N4O2/c1-5-20(25)7-6-8-22(15-20)9-10-24-14-19(18(4)21-24)13-23-11-16(2)26-17(3)12-23/h14,16-17,25H,5-13,15H2,1-4H3/t16-,17+,20?. The van der Waals surface area contributed by atoms with Crippen molar-refractivity contribution < 1.29 is 9.84 Å². The summed E-state index contributed by atoms with van der Waals surface area (Å²) in [4.78, 5) is 4.86. The van der Waals surface area contributed by atoms with E-state index >= 15 is 0 Å². The molecule has 1 N–H and O–H groups in total. The normalized spacial score (nSPS) is 31.4. The SMILES string of the molecule is CCC1(O)CCCN(CCn2cc(CN3C[C@@H](C)O[C@@H](C)C3)c(C)n2)C1. The fourth-order valence-electron chi connectivity index (χ4n) is 4.41. The van der Waals surface area contributed by atoms with Gasteiger partial charge in [0.15, 0.2) is 0 Å². The lowest BCUT2D eigenvalue weighted by Gasteiger charge is -2.38. The van der Waals surface area contributed by atoms with Crippen LogP contribution in [0.1, 0.15) is 51.3 Å². The van der Waals surface area contributed by atoms with Crippen molar-refractivity contribution in [2.75, 3.05) is 32.7 Å². The van der Waals surface area contributed by atoms with E-state index in [1.54, 1.807) is 0 Å². The number of likely N-dealkylation sites (tertiary alicyclic amines) is 1. The number of aliphatic hydroxyl groups is 1. The molecule has 148 valence electrons. The molecule has 0 bridgehead atoms. The Morgan fingerprint density at radius 3 is 2.65 bits per heavy atom. The molecular weight excluding hydrogens is 328 g/mol. The zero-order chi connectivity index (χ0) is 18.7. The Morgan fingerprint density at radius 1 is 1.23 bits per heavy atom. The molecule has 0 aromatic carbocycles. The first-order valence-electron chi connectivity index (χ1n) is 10.2. The molecule has 2 fully saturated rings. The third-order valence-electron chi connectivity index (χ3n) is 5.88. The van der Waals surface area contributed by atoms with Gasteiger partial charge in [0.1, 0.15) is 0 Å². The number of β-amino-alcohol motifs (C(OH)–C–C–N with tert-alkyl or cyclic N) is 1. The first-order chi connectivity index (χ1) is 12.4. The third kappa shape index (κ3) is 5.06. The van der Waals surface area contributed by atoms with Gasteiger partial charge in [-0.05, 0) is 46.6 Å². The fraction of sp³-hybridized carbons (Fsp3) is 0.850. The maximum absolute atomic E-state index is 10.5. The van der Waals surface area contributed by atoms with Gasteiger partial charge in [0.25, 0.3) is 0 Å². The highest BCUT2D eigenvalue weighted by atomic mass is 16.5. The van der Waals surface area contributed by atoms with Gasteiger partial charge in [-0.25, -0.2) is 0 Å². The van der Waals surface area contributed by atoms with Gasteiger partial charge in [0.2, 0.25) is 0 Å². The summed E-state index contributed by atoms with van der Waals surface area (Å²) in [7, 11) is 0. The van der Waals surface area contributed by atoms with Crippen LogP contribution in [0.5, 0.6) is 0 Å². The Bertz CT molecular complexity index is 580. The monoisotopic (exact) mass is 364 g/mol. The maximum atomic E-state index is 10.5. The molecule has 1 aromatic heterocycles. The predicted octanol–water partition coefficient (Wildman–Crippen LogP) is 2.04. The molecule has 3 heterocycles. The smallest absolute Gasteiger partial charge is 0.0772 e. The summed E-state index contributed by atoms with van der Waals surface area (Å²) in [5, 5.41) is 15.3. The number of hydrogen-bond acceptors (Lipinski definition) is 5. The van der Waals surface area contributed by atoms with Crippen molar-refractivity contribution in [1.29, 1.82) is 0 Å². The Morgan fingerprint density at radius 2 is 1.96 bits per heavy atom. The van der Waals surface area contributed by atoms with Gasteiger partial charge in [-0.1, -0.05) is 6.92 Å². The van der Waals surface area contributed by atoms with Crippen LogP contribution in [-0.4, -0.2) is 75.2 Å². The number of hydrogen-bond donors (Lipinski definition) is 1. The minimum atomic E-state index is -0.493. The minimum absolute atomic E-state index is 0.297. The molecule has 0 spiro atoms. The molecule has 0 saturated carbocycles. The van der Waals surface area contributed by atoms with E-state index < -0.39 is 5.60 Å². The van der Waals surface area contributed by atoms with Crippen molar-refractivity contribution in [3.05, 3.63) is 17.5 Å². The molecule has 0 aliphatic carbocycles. The van der Waals surface area contributed by atoms with E-state index in [9.17, 15) is 5.11 Å². The second-order valence-electron chi connectivity index (χ2n) is 8.41. The number of aryl methyl sites for hydroxylation is 1. The number of rotatable bonds is 6. The molecule has 1 aromatic rings. The molecular formula is C20H36N4O2. The van der Waals surface area contributed by atoms with Crippen LogP contribution in [0.3, 0.4) is 0 Å². The van der Waals surface area contributed by atoms with E-state index in [1.165, 1.54) is 5.56 Å². The molecule has 6 nitrogen and oxygen atoms in total. The van der Waals surface area contributed by atoms with Crippen LogP contribution in [0.15, 0.2) is 6.20 Å². The molecule has 26 heavy (non-hydrogen) atoms. The molecule has 0 amide bonds. The van der Waals surface area contributed by atoms with Gasteiger partial charge in [-0.2, -0.15) is 5.10 Å². The Hall–Kier alpha value is -0.950. The van der Waals surface area contributed by atoms with E-state index in [0.29, 0.717) is 12.2 Å². The highest BCUT2D eigenvalue weighted by Gasteiger charge is 2.31. The van der Waals surface area contributed by atoms with Crippen molar-refractivity contribution in [3.8, 4) is 0 Å². The third-order valence-corrected chi connectivity index (χ3v) is 5.88. The second kappa shape index (κ2) is 8.38. The molecule has 2 aliphatic rings. The van der Waals surface area contributed by atoms with E-state index in [4.69, 9.17) is 9.84 Å². The van der Waals surface area contributed by atoms with Gasteiger partial charge in [0, 0.05) is 44.5 Å². The zero-order valence-electron chi connectivity index (χ0n) is 16.9. The molecule has 2 saturated heterocycles. The molecule has 6 heteroatoms. The number of aromatic nitrogens is 2. The van der Waals surface area contributed by atoms with E-state index in [0.717, 1.165) is 70.8 Å². The van der Waals surface area contributed by atoms with Crippen LogP contribution in [0.2, 0.25) is 0 Å². The first kappa shape index (κ1) is 19.8. The number of morpholine rings is 1. The number of nitrogens with zero attached hydrogens (tertiary/aromatic N) is 4. The van der Waals surface area contributed by atoms with Crippen LogP contribution in [0.4, 0.5) is 0 Å². The zero-order valence-corrected chi connectivity index (χ0v) is 16.9. The topological polar surface area (TPSA) is 53.8 Å². The van der Waals surface area contributed by atoms with Crippen molar-refractivity contribution in [3.63, 3.8) is 0 Å². The Labute approximate surface area is 158 Å². The highest BCUT2D eigenvalue weighted by molar-refractivity contribution is 5.15. The van der Waals surface area contributed by atoms with Crippen molar-refractivity contribution >= 4 is 0 Å². The maximum Gasteiger partial charge on any atom is 0.0772 e. The number of piperidine rings is 1. The van der Waals surface area contributed by atoms with Crippen LogP contribution in [0, 0.1) is 6.92 Å². The summed E-state index contributed by atoms with van der Waals surface area (Å²) in [6.45, 7) is 15.1. The van der Waals surface area contributed by atoms with Crippen LogP contribution >= 0.6 is 0 Å².